The van der Waals surface area contributed by atoms with Gasteiger partial charge in [0.25, 0.3) is 5.56 Å². The number of anilines is 1. The van der Waals surface area contributed by atoms with Crippen molar-refractivity contribution in [2.24, 2.45) is 0 Å². The number of benzene rings is 1. The lowest BCUT2D eigenvalue weighted by molar-refractivity contribution is 0.383. The maximum Gasteiger partial charge on any atom is 0.251 e. The van der Waals surface area contributed by atoms with Crippen LogP contribution in [-0.4, -0.2) is 48.9 Å². The number of aromatic amines is 1. The van der Waals surface area contributed by atoms with E-state index in [-0.39, 0.29) is 29.4 Å². The summed E-state index contributed by atoms with van der Waals surface area (Å²) in [6.45, 7) is 4.94. The molecule has 2 aromatic heterocycles. The molecule has 4 rings (SSSR count). The maximum atomic E-state index is 14.3. The molecule has 1 fully saturated rings. The Labute approximate surface area is 174 Å². The fourth-order valence-electron chi connectivity index (χ4n) is 3.69. The van der Waals surface area contributed by atoms with Crippen molar-refractivity contribution in [2.45, 2.75) is 25.2 Å². The number of H-pyrrole nitrogens is 1. The molecule has 0 spiro atoms. The van der Waals surface area contributed by atoms with Crippen LogP contribution in [0.2, 0.25) is 0 Å². The number of nitrogens with one attached hydrogen (secondary N) is 1. The summed E-state index contributed by atoms with van der Waals surface area (Å²) >= 11 is 0. The van der Waals surface area contributed by atoms with Gasteiger partial charge in [0.1, 0.15) is 10.7 Å². The summed E-state index contributed by atoms with van der Waals surface area (Å²) < 4.78 is 41.8. The first-order valence-electron chi connectivity index (χ1n) is 9.83. The highest BCUT2D eigenvalue weighted by Gasteiger charge is 2.30. The van der Waals surface area contributed by atoms with Crippen LogP contribution in [-0.2, 0) is 16.4 Å². The molecule has 1 N–H and O–H groups in total. The van der Waals surface area contributed by atoms with Crippen LogP contribution in [0, 0.1) is 12.7 Å². The number of aromatic nitrogens is 2. The number of nitrogens with zero attached hydrogens (tertiary/aromatic N) is 3. The molecule has 3 heterocycles. The standard InChI is InChI=1S/C21H23FN4O3S/c1-3-15-11-18-19(24-21(15)27)12-16(13-23-18)30(28,29)26-8-6-25(7-9-26)20-5-4-14(2)10-17(20)22/h4-5,10-13H,3,6-9H2,1-2H3,(H,24,27). The van der Waals surface area contributed by atoms with Crippen molar-refractivity contribution in [1.82, 2.24) is 14.3 Å². The summed E-state index contributed by atoms with van der Waals surface area (Å²) in [4.78, 5) is 20.9. The molecule has 1 aromatic carbocycles. The summed E-state index contributed by atoms with van der Waals surface area (Å²) in [5.41, 5.74) is 2.61. The molecular weight excluding hydrogens is 407 g/mol. The summed E-state index contributed by atoms with van der Waals surface area (Å²) in [6.07, 6.45) is 1.89. The summed E-state index contributed by atoms with van der Waals surface area (Å²) in [7, 11) is -3.78. The van der Waals surface area contributed by atoms with Gasteiger partial charge in [0, 0.05) is 37.9 Å². The number of halogens is 1. The maximum absolute atomic E-state index is 14.3. The molecule has 1 aliphatic rings. The Balaban J connectivity index is 1.56. The fraction of sp³-hybridized carbons (Fsp3) is 0.333. The van der Waals surface area contributed by atoms with E-state index in [9.17, 15) is 17.6 Å². The van der Waals surface area contributed by atoms with Crippen molar-refractivity contribution in [2.75, 3.05) is 31.1 Å². The highest BCUT2D eigenvalue weighted by molar-refractivity contribution is 7.89. The third-order valence-corrected chi connectivity index (χ3v) is 7.31. The summed E-state index contributed by atoms with van der Waals surface area (Å²) in [5, 5.41) is 0. The predicted octanol–water partition coefficient (Wildman–Crippen LogP) is 2.44. The molecular formula is C21H23FN4O3S. The van der Waals surface area contributed by atoms with Crippen molar-refractivity contribution < 1.29 is 12.8 Å². The Hall–Kier alpha value is -2.78. The lowest BCUT2D eigenvalue weighted by Crippen LogP contribution is -2.48. The minimum absolute atomic E-state index is 0.0323. The highest BCUT2D eigenvalue weighted by Crippen LogP contribution is 2.25. The molecule has 1 saturated heterocycles. The second-order valence-corrected chi connectivity index (χ2v) is 9.37. The van der Waals surface area contributed by atoms with E-state index >= 15 is 0 Å². The van der Waals surface area contributed by atoms with E-state index in [1.165, 1.54) is 22.6 Å². The Bertz CT molecular complexity index is 1260. The Kier molecular flexibility index (Phi) is 5.33. The first-order valence-corrected chi connectivity index (χ1v) is 11.3. The Morgan fingerprint density at radius 3 is 2.53 bits per heavy atom. The largest absolute Gasteiger partial charge is 0.367 e. The molecule has 7 nitrogen and oxygen atoms in total. The van der Waals surface area contributed by atoms with Gasteiger partial charge in [-0.3, -0.25) is 9.78 Å². The van der Waals surface area contributed by atoms with E-state index in [2.05, 4.69) is 9.97 Å². The van der Waals surface area contributed by atoms with E-state index in [1.54, 1.807) is 12.1 Å². The summed E-state index contributed by atoms with van der Waals surface area (Å²) in [5.74, 6) is -0.305. The number of piperazine rings is 1. The molecule has 0 saturated carbocycles. The van der Waals surface area contributed by atoms with Gasteiger partial charge in [-0.25, -0.2) is 12.8 Å². The third kappa shape index (κ3) is 3.70. The number of hydrogen-bond donors (Lipinski definition) is 1. The average molecular weight is 431 g/mol. The molecule has 30 heavy (non-hydrogen) atoms. The van der Waals surface area contributed by atoms with Crippen LogP contribution in [0.25, 0.3) is 11.0 Å². The second-order valence-electron chi connectivity index (χ2n) is 7.43. The van der Waals surface area contributed by atoms with E-state index in [4.69, 9.17) is 0 Å². The SMILES string of the molecule is CCc1cc2ncc(S(=O)(=O)N3CCN(c4ccc(C)cc4F)CC3)cc2[nH]c1=O. The summed E-state index contributed by atoms with van der Waals surface area (Å²) in [6, 6.07) is 8.17. The molecule has 0 bridgehead atoms. The minimum Gasteiger partial charge on any atom is -0.367 e. The van der Waals surface area contributed by atoms with Gasteiger partial charge in [-0.15, -0.1) is 0 Å². The number of sulfonamides is 1. The smallest absolute Gasteiger partial charge is 0.251 e. The lowest BCUT2D eigenvalue weighted by Gasteiger charge is -2.35. The van der Waals surface area contributed by atoms with Crippen molar-refractivity contribution in [3.8, 4) is 0 Å². The molecule has 1 aliphatic heterocycles. The zero-order valence-electron chi connectivity index (χ0n) is 16.9. The van der Waals surface area contributed by atoms with Gasteiger partial charge in [0.15, 0.2) is 0 Å². The van der Waals surface area contributed by atoms with Crippen molar-refractivity contribution in [3.05, 3.63) is 63.8 Å². The van der Waals surface area contributed by atoms with Crippen LogP contribution < -0.4 is 10.5 Å². The second kappa shape index (κ2) is 7.81. The van der Waals surface area contributed by atoms with E-state index in [0.717, 1.165) is 5.56 Å². The number of pyridine rings is 2. The van der Waals surface area contributed by atoms with Crippen molar-refractivity contribution in [3.63, 3.8) is 0 Å². The van der Waals surface area contributed by atoms with Crippen molar-refractivity contribution in [1.29, 1.82) is 0 Å². The highest BCUT2D eigenvalue weighted by atomic mass is 32.2. The minimum atomic E-state index is -3.78. The monoisotopic (exact) mass is 430 g/mol. The van der Waals surface area contributed by atoms with Gasteiger partial charge in [0.05, 0.1) is 16.7 Å². The van der Waals surface area contributed by atoms with Crippen LogP contribution in [0.3, 0.4) is 0 Å². The Morgan fingerprint density at radius 1 is 1.13 bits per heavy atom. The average Bonchev–Trinajstić information content (AvgIpc) is 2.73. The topological polar surface area (TPSA) is 86.4 Å². The van der Waals surface area contributed by atoms with Gasteiger partial charge in [0.2, 0.25) is 10.0 Å². The molecule has 0 aliphatic carbocycles. The zero-order valence-corrected chi connectivity index (χ0v) is 17.7. The first-order chi connectivity index (χ1) is 14.3. The molecule has 0 amide bonds. The molecule has 0 unspecified atom stereocenters. The predicted molar refractivity (Wildman–Crippen MR) is 114 cm³/mol. The quantitative estimate of drug-likeness (QED) is 0.687. The van der Waals surface area contributed by atoms with Crippen molar-refractivity contribution >= 4 is 26.7 Å². The van der Waals surface area contributed by atoms with Crippen LogP contribution in [0.15, 0.2) is 46.2 Å². The zero-order chi connectivity index (χ0) is 21.5. The van der Waals surface area contributed by atoms with Crippen LogP contribution in [0.5, 0.6) is 0 Å². The van der Waals surface area contributed by atoms with Gasteiger partial charge in [-0.05, 0) is 43.2 Å². The molecule has 0 atom stereocenters. The lowest BCUT2D eigenvalue weighted by atomic mass is 10.2. The van der Waals surface area contributed by atoms with Crippen LogP contribution in [0.4, 0.5) is 10.1 Å². The fourth-order valence-corrected chi connectivity index (χ4v) is 5.09. The van der Waals surface area contributed by atoms with Gasteiger partial charge in [-0.2, -0.15) is 4.31 Å². The molecule has 158 valence electrons. The molecule has 3 aromatic rings. The number of aryl methyl sites for hydroxylation is 2. The van der Waals surface area contributed by atoms with E-state index < -0.39 is 10.0 Å². The third-order valence-electron chi connectivity index (χ3n) is 5.45. The van der Waals surface area contributed by atoms with E-state index in [1.807, 2.05) is 24.8 Å². The normalized spacial score (nSPS) is 15.6. The number of rotatable bonds is 4. The van der Waals surface area contributed by atoms with Gasteiger partial charge < -0.3 is 9.88 Å². The first kappa shape index (κ1) is 20.5. The van der Waals surface area contributed by atoms with E-state index in [0.29, 0.717) is 41.8 Å². The Morgan fingerprint density at radius 2 is 1.87 bits per heavy atom. The number of hydrogen-bond acceptors (Lipinski definition) is 5. The number of fused-ring (bicyclic) bond motifs is 1. The molecule has 9 heteroatoms. The molecule has 0 radical (unpaired) electrons. The van der Waals surface area contributed by atoms with Gasteiger partial charge >= 0.3 is 0 Å². The van der Waals surface area contributed by atoms with Crippen LogP contribution >= 0.6 is 0 Å². The van der Waals surface area contributed by atoms with Gasteiger partial charge in [-0.1, -0.05) is 13.0 Å². The van der Waals surface area contributed by atoms with Crippen LogP contribution in [0.1, 0.15) is 18.1 Å².